The molecule has 2 aromatic carbocycles. The summed E-state index contributed by atoms with van der Waals surface area (Å²) in [6, 6.07) is 10.5. The minimum absolute atomic E-state index is 0.151. The molecule has 0 saturated heterocycles. The third-order valence-corrected chi connectivity index (χ3v) is 3.60. The van der Waals surface area contributed by atoms with Crippen LogP contribution < -0.4 is 0 Å². The minimum Gasteiger partial charge on any atom is -0.454 e. The number of hydrogen-bond donors (Lipinski definition) is 0. The van der Waals surface area contributed by atoms with Crippen molar-refractivity contribution in [3.05, 3.63) is 72.1 Å². The number of aromatic nitrogens is 4. The first-order valence-electron chi connectivity index (χ1n) is 7.65. The first kappa shape index (κ1) is 15.8. The van der Waals surface area contributed by atoms with Crippen LogP contribution in [0.2, 0.25) is 0 Å². The number of ether oxygens (including phenoxy) is 1. The molecule has 0 radical (unpaired) electrons. The normalized spacial score (nSPS) is 10.8. The van der Waals surface area contributed by atoms with Crippen molar-refractivity contribution in [1.82, 2.24) is 20.1 Å². The van der Waals surface area contributed by atoms with Crippen LogP contribution in [0.15, 0.2) is 59.4 Å². The first-order valence-corrected chi connectivity index (χ1v) is 7.65. The number of esters is 1. The van der Waals surface area contributed by atoms with Gasteiger partial charge in [0.05, 0.1) is 16.6 Å². The molecule has 0 unspecified atom stereocenters. The van der Waals surface area contributed by atoms with E-state index in [2.05, 4.69) is 20.1 Å². The van der Waals surface area contributed by atoms with E-state index in [-0.39, 0.29) is 24.1 Å². The Balaban J connectivity index is 1.45. The zero-order valence-corrected chi connectivity index (χ0v) is 13.3. The van der Waals surface area contributed by atoms with Crippen molar-refractivity contribution < 1.29 is 18.4 Å². The molecule has 0 fully saturated rings. The Hall–Kier alpha value is -3.68. The van der Waals surface area contributed by atoms with Crippen molar-refractivity contribution in [2.45, 2.75) is 6.61 Å². The molecular weight excluding hydrogens is 339 g/mol. The fraction of sp³-hybridized carbons (Fsp3) is 0.0556. The summed E-state index contributed by atoms with van der Waals surface area (Å²) in [5, 5.41) is 3.75. The molecule has 26 heavy (non-hydrogen) atoms. The Kier molecular flexibility index (Phi) is 4.06. The van der Waals surface area contributed by atoms with Gasteiger partial charge in [0.25, 0.3) is 5.89 Å². The highest BCUT2D eigenvalue weighted by atomic mass is 19.1. The monoisotopic (exact) mass is 350 g/mol. The highest BCUT2D eigenvalue weighted by Crippen LogP contribution is 2.18. The standard InChI is InChI=1S/C18H11FN4O3/c19-13-4-1-11(2-5-13)17-22-16(23-26-17)10-25-18(24)12-3-6-14-15(9-12)21-8-7-20-14/h1-9H,10H2. The minimum atomic E-state index is -0.536. The van der Waals surface area contributed by atoms with Gasteiger partial charge in [0.1, 0.15) is 5.82 Å². The van der Waals surface area contributed by atoms with Gasteiger partial charge in [-0.3, -0.25) is 9.97 Å². The molecule has 0 aliphatic heterocycles. The molecule has 7 nitrogen and oxygen atoms in total. The van der Waals surface area contributed by atoms with Crippen molar-refractivity contribution in [3.63, 3.8) is 0 Å². The third-order valence-electron chi connectivity index (χ3n) is 3.60. The SMILES string of the molecule is O=C(OCc1noc(-c2ccc(F)cc2)n1)c1ccc2nccnc2c1. The fourth-order valence-electron chi connectivity index (χ4n) is 2.33. The zero-order valence-electron chi connectivity index (χ0n) is 13.3. The van der Waals surface area contributed by atoms with Crippen LogP contribution in [0.3, 0.4) is 0 Å². The zero-order chi connectivity index (χ0) is 17.9. The molecule has 0 atom stereocenters. The van der Waals surface area contributed by atoms with E-state index in [1.54, 1.807) is 30.6 Å². The van der Waals surface area contributed by atoms with Gasteiger partial charge in [0.15, 0.2) is 6.61 Å². The predicted molar refractivity (Wildman–Crippen MR) is 88.3 cm³/mol. The second kappa shape index (κ2) is 6.67. The van der Waals surface area contributed by atoms with Crippen LogP contribution in [-0.4, -0.2) is 26.1 Å². The molecule has 0 aliphatic rings. The molecule has 4 rings (SSSR count). The van der Waals surface area contributed by atoms with E-state index < -0.39 is 5.97 Å². The molecular formula is C18H11FN4O3. The van der Waals surface area contributed by atoms with Crippen LogP contribution in [0.25, 0.3) is 22.5 Å². The summed E-state index contributed by atoms with van der Waals surface area (Å²) in [6.07, 6.45) is 3.13. The largest absolute Gasteiger partial charge is 0.454 e. The van der Waals surface area contributed by atoms with Gasteiger partial charge in [-0.25, -0.2) is 9.18 Å². The quantitative estimate of drug-likeness (QED) is 0.522. The number of nitrogens with zero attached hydrogens (tertiary/aromatic N) is 4. The molecule has 0 bridgehead atoms. The molecule has 128 valence electrons. The number of hydrogen-bond acceptors (Lipinski definition) is 7. The molecule has 0 saturated carbocycles. The lowest BCUT2D eigenvalue weighted by Gasteiger charge is -2.03. The van der Waals surface area contributed by atoms with E-state index in [1.807, 2.05) is 0 Å². The van der Waals surface area contributed by atoms with Gasteiger partial charge in [-0.2, -0.15) is 4.98 Å². The first-order chi connectivity index (χ1) is 12.7. The van der Waals surface area contributed by atoms with Crippen molar-refractivity contribution in [2.75, 3.05) is 0 Å². The van der Waals surface area contributed by atoms with Gasteiger partial charge in [-0.15, -0.1) is 0 Å². The second-order valence-electron chi connectivity index (χ2n) is 5.36. The van der Waals surface area contributed by atoms with E-state index in [4.69, 9.17) is 9.26 Å². The number of rotatable bonds is 4. The van der Waals surface area contributed by atoms with Gasteiger partial charge in [0.2, 0.25) is 5.82 Å². The number of benzene rings is 2. The van der Waals surface area contributed by atoms with Crippen LogP contribution in [-0.2, 0) is 11.3 Å². The maximum Gasteiger partial charge on any atom is 0.338 e. The van der Waals surface area contributed by atoms with Crippen LogP contribution in [0, 0.1) is 5.82 Å². The molecule has 2 heterocycles. The van der Waals surface area contributed by atoms with E-state index in [1.165, 1.54) is 24.3 Å². The van der Waals surface area contributed by atoms with Gasteiger partial charge in [-0.1, -0.05) is 5.16 Å². The summed E-state index contributed by atoms with van der Waals surface area (Å²) in [4.78, 5) is 24.6. The van der Waals surface area contributed by atoms with Gasteiger partial charge < -0.3 is 9.26 Å². The van der Waals surface area contributed by atoms with E-state index in [9.17, 15) is 9.18 Å². The van der Waals surface area contributed by atoms with Crippen LogP contribution >= 0.6 is 0 Å². The molecule has 0 aliphatic carbocycles. The number of fused-ring (bicyclic) bond motifs is 1. The lowest BCUT2D eigenvalue weighted by atomic mass is 10.2. The highest BCUT2D eigenvalue weighted by molar-refractivity contribution is 5.93. The number of carbonyl (C=O) groups excluding carboxylic acids is 1. The van der Waals surface area contributed by atoms with Crippen molar-refractivity contribution in [2.24, 2.45) is 0 Å². The third kappa shape index (κ3) is 3.25. The van der Waals surface area contributed by atoms with Crippen molar-refractivity contribution in [1.29, 1.82) is 0 Å². The van der Waals surface area contributed by atoms with Gasteiger partial charge in [0, 0.05) is 18.0 Å². The number of halogens is 1. The Morgan fingerprint density at radius 3 is 2.62 bits per heavy atom. The van der Waals surface area contributed by atoms with Crippen LogP contribution in [0.4, 0.5) is 4.39 Å². The van der Waals surface area contributed by atoms with Crippen LogP contribution in [0.5, 0.6) is 0 Å². The summed E-state index contributed by atoms with van der Waals surface area (Å²) >= 11 is 0. The van der Waals surface area contributed by atoms with Crippen molar-refractivity contribution >= 4 is 17.0 Å². The maximum atomic E-state index is 12.9. The van der Waals surface area contributed by atoms with Gasteiger partial charge in [-0.05, 0) is 42.5 Å². The van der Waals surface area contributed by atoms with Crippen molar-refractivity contribution in [3.8, 4) is 11.5 Å². The van der Waals surface area contributed by atoms with Crippen LogP contribution in [0.1, 0.15) is 16.2 Å². The summed E-state index contributed by atoms with van der Waals surface area (Å²) < 4.78 is 23.2. The lowest BCUT2D eigenvalue weighted by Crippen LogP contribution is -2.06. The Labute approximate surface area is 146 Å². The average molecular weight is 350 g/mol. The Morgan fingerprint density at radius 1 is 1.04 bits per heavy atom. The van der Waals surface area contributed by atoms with E-state index in [0.717, 1.165) is 0 Å². The Bertz CT molecular complexity index is 1080. The molecule has 2 aromatic heterocycles. The Morgan fingerprint density at radius 2 is 1.81 bits per heavy atom. The second-order valence-corrected chi connectivity index (χ2v) is 5.36. The summed E-state index contributed by atoms with van der Waals surface area (Å²) in [5.41, 5.74) is 2.20. The molecule has 8 heteroatoms. The van der Waals surface area contributed by atoms with Gasteiger partial charge >= 0.3 is 5.97 Å². The number of carbonyl (C=O) groups is 1. The fourth-order valence-corrected chi connectivity index (χ4v) is 2.33. The van der Waals surface area contributed by atoms with E-state index >= 15 is 0 Å². The molecule has 4 aromatic rings. The molecule has 0 spiro atoms. The smallest absolute Gasteiger partial charge is 0.338 e. The maximum absolute atomic E-state index is 12.9. The van der Waals surface area contributed by atoms with E-state index in [0.29, 0.717) is 22.2 Å². The summed E-state index contributed by atoms with van der Waals surface area (Å²) in [6.45, 7) is -0.151. The summed E-state index contributed by atoms with van der Waals surface area (Å²) in [5.74, 6) is -0.469. The summed E-state index contributed by atoms with van der Waals surface area (Å²) in [7, 11) is 0. The molecule has 0 N–H and O–H groups in total. The molecule has 0 amide bonds. The highest BCUT2D eigenvalue weighted by Gasteiger charge is 2.13. The average Bonchev–Trinajstić information content (AvgIpc) is 3.15. The topological polar surface area (TPSA) is 91.0 Å². The predicted octanol–water partition coefficient (Wildman–Crippen LogP) is 3.18. The lowest BCUT2D eigenvalue weighted by molar-refractivity contribution is 0.0460.